The highest BCUT2D eigenvalue weighted by molar-refractivity contribution is 5.76. The minimum absolute atomic E-state index is 0.101. The van der Waals surface area contributed by atoms with Crippen molar-refractivity contribution in [1.29, 1.82) is 0 Å². The highest BCUT2D eigenvalue weighted by Gasteiger charge is 2.21. The first kappa shape index (κ1) is 17.7. The van der Waals surface area contributed by atoms with Crippen LogP contribution in [0.1, 0.15) is 42.4 Å². The zero-order chi connectivity index (χ0) is 17.6. The van der Waals surface area contributed by atoms with E-state index in [4.69, 9.17) is 8.83 Å². The number of carbonyl (C=O) groups excluding carboxylic acids is 1. The van der Waals surface area contributed by atoms with Crippen molar-refractivity contribution >= 4 is 5.91 Å². The molecular weight excluding hydrogens is 318 g/mol. The van der Waals surface area contributed by atoms with Crippen LogP contribution in [0, 0.1) is 19.8 Å². The number of rotatable bonds is 7. The van der Waals surface area contributed by atoms with E-state index in [-0.39, 0.29) is 5.91 Å². The zero-order valence-electron chi connectivity index (χ0n) is 15.1. The van der Waals surface area contributed by atoms with E-state index in [2.05, 4.69) is 15.2 Å². The summed E-state index contributed by atoms with van der Waals surface area (Å²) >= 11 is 0. The maximum absolute atomic E-state index is 11.9. The van der Waals surface area contributed by atoms with E-state index < -0.39 is 0 Å². The second kappa shape index (κ2) is 8.34. The van der Waals surface area contributed by atoms with Gasteiger partial charge in [-0.2, -0.15) is 0 Å². The Morgan fingerprint density at radius 3 is 2.80 bits per heavy atom. The maximum Gasteiger partial charge on any atom is 0.220 e. The van der Waals surface area contributed by atoms with Crippen LogP contribution in [0.3, 0.4) is 0 Å². The Balaban J connectivity index is 1.32. The molecule has 1 amide bonds. The second-order valence-corrected chi connectivity index (χ2v) is 6.85. The molecule has 25 heavy (non-hydrogen) atoms. The van der Waals surface area contributed by atoms with Gasteiger partial charge in [0.05, 0.1) is 18.5 Å². The number of amides is 1. The molecule has 0 bridgehead atoms. The molecule has 0 aromatic carbocycles. The summed E-state index contributed by atoms with van der Waals surface area (Å²) in [5.41, 5.74) is 0.974. The van der Waals surface area contributed by atoms with E-state index in [1.54, 1.807) is 6.26 Å². The summed E-state index contributed by atoms with van der Waals surface area (Å²) in [6.45, 7) is 7.51. The largest absolute Gasteiger partial charge is 0.469 e. The number of likely N-dealkylation sites (tertiary alicyclic amines) is 1. The van der Waals surface area contributed by atoms with Crippen molar-refractivity contribution in [1.82, 2.24) is 15.2 Å². The van der Waals surface area contributed by atoms with Crippen molar-refractivity contribution < 1.29 is 13.6 Å². The van der Waals surface area contributed by atoms with Crippen molar-refractivity contribution in [2.75, 3.05) is 19.6 Å². The summed E-state index contributed by atoms with van der Waals surface area (Å²) < 4.78 is 10.9. The van der Waals surface area contributed by atoms with E-state index >= 15 is 0 Å². The van der Waals surface area contributed by atoms with E-state index in [0.717, 1.165) is 62.1 Å². The third-order valence-corrected chi connectivity index (χ3v) is 4.91. The number of oxazole rings is 1. The van der Waals surface area contributed by atoms with Gasteiger partial charge in [-0.05, 0) is 57.8 Å². The van der Waals surface area contributed by atoms with E-state index in [1.807, 2.05) is 26.0 Å². The minimum atomic E-state index is 0.101. The molecule has 0 saturated carbocycles. The molecule has 2 aromatic rings. The number of hydrogen-bond acceptors (Lipinski definition) is 5. The van der Waals surface area contributed by atoms with Gasteiger partial charge in [0.25, 0.3) is 0 Å². The van der Waals surface area contributed by atoms with Crippen LogP contribution in [0.2, 0.25) is 0 Å². The van der Waals surface area contributed by atoms with Crippen LogP contribution >= 0.6 is 0 Å². The number of hydrogen-bond donors (Lipinski definition) is 1. The summed E-state index contributed by atoms with van der Waals surface area (Å²) in [4.78, 5) is 18.8. The van der Waals surface area contributed by atoms with Gasteiger partial charge in [0.1, 0.15) is 11.5 Å². The smallest absolute Gasteiger partial charge is 0.220 e. The number of nitrogens with one attached hydrogen (secondary N) is 1. The zero-order valence-corrected chi connectivity index (χ0v) is 15.1. The molecule has 0 unspecified atom stereocenters. The van der Waals surface area contributed by atoms with Gasteiger partial charge in [-0.25, -0.2) is 4.98 Å². The van der Waals surface area contributed by atoms with Gasteiger partial charge in [0.15, 0.2) is 0 Å². The second-order valence-electron chi connectivity index (χ2n) is 6.85. The van der Waals surface area contributed by atoms with Gasteiger partial charge in [0.2, 0.25) is 11.8 Å². The lowest BCUT2D eigenvalue weighted by molar-refractivity contribution is -0.121. The minimum Gasteiger partial charge on any atom is -0.469 e. The SMILES string of the molecule is Cc1nc(CN2CCC(CNC(=O)CCc3ccco3)CC2)oc1C. The Labute approximate surface area is 148 Å². The number of aromatic nitrogens is 1. The summed E-state index contributed by atoms with van der Waals surface area (Å²) in [5, 5.41) is 3.06. The topological polar surface area (TPSA) is 71.5 Å². The standard InChI is InChI=1S/C19H27N3O3/c1-14-15(2)25-19(21-14)13-22-9-7-16(8-10-22)12-20-18(23)6-5-17-4-3-11-24-17/h3-4,11,16H,5-10,12-13H2,1-2H3,(H,20,23). The van der Waals surface area contributed by atoms with Gasteiger partial charge in [0, 0.05) is 19.4 Å². The molecule has 0 spiro atoms. The quantitative estimate of drug-likeness (QED) is 0.835. The van der Waals surface area contributed by atoms with Crippen molar-refractivity contribution in [3.05, 3.63) is 41.5 Å². The number of carbonyl (C=O) groups is 1. The third-order valence-electron chi connectivity index (χ3n) is 4.91. The Kier molecular flexibility index (Phi) is 5.91. The Hall–Kier alpha value is -2.08. The van der Waals surface area contributed by atoms with E-state index in [9.17, 15) is 4.79 Å². The monoisotopic (exact) mass is 345 g/mol. The predicted octanol–water partition coefficient (Wildman–Crippen LogP) is 2.85. The highest BCUT2D eigenvalue weighted by atomic mass is 16.4. The molecule has 1 N–H and O–H groups in total. The molecule has 1 aliphatic heterocycles. The fourth-order valence-corrected chi connectivity index (χ4v) is 3.18. The number of aryl methyl sites for hydroxylation is 3. The lowest BCUT2D eigenvalue weighted by atomic mass is 9.96. The molecule has 0 atom stereocenters. The molecule has 0 radical (unpaired) electrons. The average Bonchev–Trinajstić information content (AvgIpc) is 3.22. The molecule has 3 heterocycles. The molecule has 1 aliphatic rings. The van der Waals surface area contributed by atoms with Gasteiger partial charge in [-0.1, -0.05) is 0 Å². The molecule has 3 rings (SSSR count). The highest BCUT2D eigenvalue weighted by Crippen LogP contribution is 2.19. The summed E-state index contributed by atoms with van der Waals surface area (Å²) in [7, 11) is 0. The lowest BCUT2D eigenvalue weighted by Gasteiger charge is -2.31. The molecule has 2 aromatic heterocycles. The summed E-state index contributed by atoms with van der Waals surface area (Å²) in [6.07, 6.45) is 4.97. The van der Waals surface area contributed by atoms with Crippen LogP contribution in [-0.4, -0.2) is 35.4 Å². The van der Waals surface area contributed by atoms with Gasteiger partial charge in [-0.15, -0.1) is 0 Å². The normalized spacial score (nSPS) is 16.2. The predicted molar refractivity (Wildman–Crippen MR) is 94.0 cm³/mol. The van der Waals surface area contributed by atoms with Crippen LogP contribution in [-0.2, 0) is 17.8 Å². The Bertz CT molecular complexity index is 651. The van der Waals surface area contributed by atoms with Gasteiger partial charge < -0.3 is 14.2 Å². The first-order valence-corrected chi connectivity index (χ1v) is 9.04. The first-order valence-electron chi connectivity index (χ1n) is 9.04. The molecule has 1 fully saturated rings. The van der Waals surface area contributed by atoms with Crippen molar-refractivity contribution in [3.8, 4) is 0 Å². The fraction of sp³-hybridized carbons (Fsp3) is 0.579. The summed E-state index contributed by atoms with van der Waals surface area (Å²) in [6, 6.07) is 3.75. The van der Waals surface area contributed by atoms with Crippen LogP contribution < -0.4 is 5.32 Å². The number of furan rings is 1. The van der Waals surface area contributed by atoms with Crippen LogP contribution in [0.15, 0.2) is 27.2 Å². The molecule has 6 heteroatoms. The molecule has 136 valence electrons. The average molecular weight is 345 g/mol. The van der Waals surface area contributed by atoms with E-state index in [1.165, 1.54) is 0 Å². The van der Waals surface area contributed by atoms with Crippen LogP contribution in [0.25, 0.3) is 0 Å². The molecule has 1 saturated heterocycles. The van der Waals surface area contributed by atoms with Crippen molar-refractivity contribution in [3.63, 3.8) is 0 Å². The molecule has 6 nitrogen and oxygen atoms in total. The lowest BCUT2D eigenvalue weighted by Crippen LogP contribution is -2.38. The maximum atomic E-state index is 11.9. The third kappa shape index (κ3) is 5.19. The molecule has 0 aliphatic carbocycles. The van der Waals surface area contributed by atoms with Crippen molar-refractivity contribution in [2.24, 2.45) is 5.92 Å². The number of nitrogens with zero attached hydrogens (tertiary/aromatic N) is 2. The van der Waals surface area contributed by atoms with Gasteiger partial charge in [-0.3, -0.25) is 9.69 Å². The fourth-order valence-electron chi connectivity index (χ4n) is 3.18. The van der Waals surface area contributed by atoms with Crippen LogP contribution in [0.5, 0.6) is 0 Å². The molecular formula is C19H27N3O3. The Morgan fingerprint density at radius 1 is 1.36 bits per heavy atom. The summed E-state index contributed by atoms with van der Waals surface area (Å²) in [5.74, 6) is 3.23. The van der Waals surface area contributed by atoms with Crippen LogP contribution in [0.4, 0.5) is 0 Å². The van der Waals surface area contributed by atoms with E-state index in [0.29, 0.717) is 18.8 Å². The van der Waals surface area contributed by atoms with Gasteiger partial charge >= 0.3 is 0 Å². The first-order chi connectivity index (χ1) is 12.1. The Morgan fingerprint density at radius 2 is 2.16 bits per heavy atom. The van der Waals surface area contributed by atoms with Crippen molar-refractivity contribution in [2.45, 2.75) is 46.1 Å². The number of piperidine rings is 1.